The van der Waals surface area contributed by atoms with E-state index < -0.39 is 22.9 Å². The van der Waals surface area contributed by atoms with Gasteiger partial charge >= 0.3 is 0 Å². The molecule has 1 aliphatic rings. The van der Waals surface area contributed by atoms with Crippen LogP contribution in [0.1, 0.15) is 38.4 Å². The summed E-state index contributed by atoms with van der Waals surface area (Å²) < 4.78 is -0.588. The van der Waals surface area contributed by atoms with Crippen LogP contribution in [0.3, 0.4) is 0 Å². The molecule has 34 heavy (non-hydrogen) atoms. The zero-order valence-corrected chi connectivity index (χ0v) is 21.8. The number of aryl methyl sites for hydroxylation is 1. The smallest absolute Gasteiger partial charge is 0.247 e. The van der Waals surface area contributed by atoms with E-state index >= 15 is 0 Å². The van der Waals surface area contributed by atoms with Gasteiger partial charge in [-0.2, -0.15) is 11.8 Å². The quantitative estimate of drug-likeness (QED) is 0.509. The molecule has 3 amide bonds. The van der Waals surface area contributed by atoms with Gasteiger partial charge in [-0.3, -0.25) is 14.4 Å². The van der Waals surface area contributed by atoms with E-state index in [0.717, 1.165) is 21.7 Å². The van der Waals surface area contributed by atoms with Gasteiger partial charge in [0.05, 0.1) is 22.2 Å². The maximum atomic E-state index is 13.4. The Hall–Kier alpha value is -2.43. The van der Waals surface area contributed by atoms with Crippen molar-refractivity contribution in [3.8, 4) is 10.4 Å². The Balaban J connectivity index is 1.68. The Kier molecular flexibility index (Phi) is 8.38. The van der Waals surface area contributed by atoms with Crippen LogP contribution in [-0.4, -0.2) is 68.4 Å². The molecular formula is C24H32N4O4S2. The molecule has 8 nitrogen and oxygen atoms in total. The average molecular weight is 505 g/mol. The lowest BCUT2D eigenvalue weighted by Gasteiger charge is -2.36. The highest BCUT2D eigenvalue weighted by Gasteiger charge is 2.45. The SMILES string of the molecule is CSC(C)(C)C(NC(C)=O)C(=O)N1CC(O)CC1C(=O)NCc1ccc(-c2scnc2C)cc1. The summed E-state index contributed by atoms with van der Waals surface area (Å²) in [4.78, 5) is 45.0. The Labute approximate surface area is 208 Å². The Morgan fingerprint density at radius 3 is 2.53 bits per heavy atom. The lowest BCUT2D eigenvalue weighted by Crippen LogP contribution is -2.59. The van der Waals surface area contributed by atoms with Crippen LogP contribution in [0.4, 0.5) is 0 Å². The number of rotatable bonds is 8. The van der Waals surface area contributed by atoms with Crippen molar-refractivity contribution in [2.45, 2.75) is 63.6 Å². The van der Waals surface area contributed by atoms with Crippen LogP contribution in [0.25, 0.3) is 10.4 Å². The minimum absolute atomic E-state index is 0.0559. The number of β-amino-alcohol motifs (C(OH)–C–C–N with tert-alkyl or cyclic N) is 1. The third-order valence-corrected chi connectivity index (χ3v) is 8.37. The zero-order chi connectivity index (χ0) is 25.0. The summed E-state index contributed by atoms with van der Waals surface area (Å²) in [5.41, 5.74) is 4.80. The monoisotopic (exact) mass is 504 g/mol. The molecule has 2 heterocycles. The van der Waals surface area contributed by atoms with Gasteiger partial charge in [0.25, 0.3) is 0 Å². The molecule has 0 bridgehead atoms. The Bertz CT molecular complexity index is 1040. The van der Waals surface area contributed by atoms with E-state index in [0.29, 0.717) is 6.54 Å². The maximum Gasteiger partial charge on any atom is 0.247 e. The number of thiazole rings is 1. The molecule has 3 atom stereocenters. The van der Waals surface area contributed by atoms with E-state index in [4.69, 9.17) is 0 Å². The molecule has 1 aliphatic heterocycles. The van der Waals surface area contributed by atoms with Gasteiger partial charge in [-0.15, -0.1) is 11.3 Å². The lowest BCUT2D eigenvalue weighted by molar-refractivity contribution is -0.142. The molecule has 10 heteroatoms. The van der Waals surface area contributed by atoms with Gasteiger partial charge in [-0.25, -0.2) is 4.98 Å². The van der Waals surface area contributed by atoms with Crippen LogP contribution in [0.15, 0.2) is 29.8 Å². The highest BCUT2D eigenvalue weighted by Crippen LogP contribution is 2.30. The number of carbonyl (C=O) groups excluding carboxylic acids is 3. The number of aliphatic hydroxyl groups excluding tert-OH is 1. The van der Waals surface area contributed by atoms with E-state index in [1.807, 2.05) is 56.8 Å². The highest BCUT2D eigenvalue weighted by atomic mass is 32.2. The molecule has 1 aromatic carbocycles. The molecule has 3 N–H and O–H groups in total. The summed E-state index contributed by atoms with van der Waals surface area (Å²) in [6.07, 6.45) is 1.23. The summed E-state index contributed by atoms with van der Waals surface area (Å²) >= 11 is 3.04. The second-order valence-electron chi connectivity index (χ2n) is 9.02. The van der Waals surface area contributed by atoms with Gasteiger partial charge in [0.15, 0.2) is 0 Å². The topological polar surface area (TPSA) is 112 Å². The number of benzene rings is 1. The van der Waals surface area contributed by atoms with Gasteiger partial charge < -0.3 is 20.6 Å². The van der Waals surface area contributed by atoms with Crippen LogP contribution in [0, 0.1) is 6.92 Å². The normalized spacial score (nSPS) is 19.1. The number of hydrogen-bond acceptors (Lipinski definition) is 7. The van der Waals surface area contributed by atoms with E-state index in [1.165, 1.54) is 23.6 Å². The highest BCUT2D eigenvalue weighted by molar-refractivity contribution is 8.00. The molecule has 3 rings (SSSR count). The molecule has 2 aromatic rings. The first-order valence-corrected chi connectivity index (χ1v) is 13.2. The molecule has 0 spiro atoms. The van der Waals surface area contributed by atoms with Crippen molar-refractivity contribution >= 4 is 40.8 Å². The average Bonchev–Trinajstić information content (AvgIpc) is 3.41. The number of aliphatic hydroxyl groups is 1. The van der Waals surface area contributed by atoms with Gasteiger partial charge in [0.2, 0.25) is 17.7 Å². The second-order valence-corrected chi connectivity index (χ2v) is 11.3. The number of nitrogens with zero attached hydrogens (tertiary/aromatic N) is 2. The standard InChI is InChI=1S/C24H32N4O4S2/c1-14-20(34-13-26-14)17-8-6-16(7-9-17)11-25-22(31)19-10-18(30)12-28(19)23(32)21(27-15(2)29)24(3,4)33-5/h6-9,13,18-19,21,30H,10-12H2,1-5H3,(H,25,31)(H,27,29). The lowest BCUT2D eigenvalue weighted by atomic mass is 10.0. The maximum absolute atomic E-state index is 13.4. The Morgan fingerprint density at radius 2 is 1.97 bits per heavy atom. The molecule has 0 aliphatic carbocycles. The number of likely N-dealkylation sites (tertiary alicyclic amines) is 1. The van der Waals surface area contributed by atoms with E-state index in [9.17, 15) is 19.5 Å². The van der Waals surface area contributed by atoms with Crippen LogP contribution >= 0.6 is 23.1 Å². The van der Waals surface area contributed by atoms with Crippen molar-refractivity contribution < 1.29 is 19.5 Å². The fourth-order valence-electron chi connectivity index (χ4n) is 3.99. The number of amides is 3. The van der Waals surface area contributed by atoms with Gasteiger partial charge in [-0.1, -0.05) is 24.3 Å². The molecule has 184 valence electrons. The molecule has 0 saturated carbocycles. The minimum Gasteiger partial charge on any atom is -0.391 e. The molecular weight excluding hydrogens is 472 g/mol. The van der Waals surface area contributed by atoms with Crippen molar-refractivity contribution in [3.63, 3.8) is 0 Å². The number of carbonyl (C=O) groups is 3. The zero-order valence-electron chi connectivity index (χ0n) is 20.1. The van der Waals surface area contributed by atoms with Crippen LogP contribution in [0.2, 0.25) is 0 Å². The van der Waals surface area contributed by atoms with Crippen molar-refractivity contribution in [1.29, 1.82) is 0 Å². The van der Waals surface area contributed by atoms with Crippen molar-refractivity contribution in [2.75, 3.05) is 12.8 Å². The summed E-state index contributed by atoms with van der Waals surface area (Å²) in [6.45, 7) is 7.44. The predicted molar refractivity (Wildman–Crippen MR) is 135 cm³/mol. The number of aromatic nitrogens is 1. The summed E-state index contributed by atoms with van der Waals surface area (Å²) in [6, 6.07) is 6.29. The van der Waals surface area contributed by atoms with Crippen LogP contribution < -0.4 is 10.6 Å². The molecule has 1 aromatic heterocycles. The summed E-state index contributed by atoms with van der Waals surface area (Å²) in [5.74, 6) is -1.01. The summed E-state index contributed by atoms with van der Waals surface area (Å²) in [5, 5.41) is 15.9. The van der Waals surface area contributed by atoms with Crippen LogP contribution in [-0.2, 0) is 20.9 Å². The van der Waals surface area contributed by atoms with Crippen molar-refractivity contribution in [1.82, 2.24) is 20.5 Å². The Morgan fingerprint density at radius 1 is 1.29 bits per heavy atom. The second kappa shape index (κ2) is 10.9. The molecule has 3 unspecified atom stereocenters. The summed E-state index contributed by atoms with van der Waals surface area (Å²) in [7, 11) is 0. The first kappa shape index (κ1) is 26.2. The molecule has 0 radical (unpaired) electrons. The van der Waals surface area contributed by atoms with Gasteiger partial charge in [0, 0.05) is 31.2 Å². The van der Waals surface area contributed by atoms with Gasteiger partial charge in [-0.05, 0) is 38.2 Å². The molecule has 1 saturated heterocycles. The first-order chi connectivity index (χ1) is 16.0. The van der Waals surface area contributed by atoms with E-state index in [1.54, 1.807) is 11.3 Å². The third-order valence-electron chi connectivity index (χ3n) is 6.11. The van der Waals surface area contributed by atoms with Crippen molar-refractivity contribution in [3.05, 3.63) is 41.0 Å². The van der Waals surface area contributed by atoms with Crippen molar-refractivity contribution in [2.24, 2.45) is 0 Å². The molecule has 1 fully saturated rings. The van der Waals surface area contributed by atoms with Gasteiger partial charge in [0.1, 0.15) is 12.1 Å². The number of thioether (sulfide) groups is 1. The van der Waals surface area contributed by atoms with E-state index in [-0.39, 0.29) is 30.7 Å². The first-order valence-electron chi connectivity index (χ1n) is 11.1. The van der Waals surface area contributed by atoms with Crippen LogP contribution in [0.5, 0.6) is 0 Å². The predicted octanol–water partition coefficient (Wildman–Crippen LogP) is 2.34. The minimum atomic E-state index is -0.816. The third kappa shape index (κ3) is 5.97. The number of nitrogens with one attached hydrogen (secondary N) is 2. The largest absolute Gasteiger partial charge is 0.391 e. The number of hydrogen-bond donors (Lipinski definition) is 3. The fraction of sp³-hybridized carbons (Fsp3) is 0.500. The van der Waals surface area contributed by atoms with E-state index in [2.05, 4.69) is 15.6 Å². The fourth-order valence-corrected chi connectivity index (χ4v) is 5.19.